The van der Waals surface area contributed by atoms with Crippen LogP contribution in [0.4, 0.5) is 0 Å². The molecule has 2 atom stereocenters. The lowest BCUT2D eigenvalue weighted by Crippen LogP contribution is -2.47. The van der Waals surface area contributed by atoms with Gasteiger partial charge in [0, 0.05) is 5.92 Å². The van der Waals surface area contributed by atoms with Crippen LogP contribution in [0.25, 0.3) is 11.1 Å². The first-order valence-corrected chi connectivity index (χ1v) is 9.84. The lowest BCUT2D eigenvalue weighted by atomic mass is 9.89. The van der Waals surface area contributed by atoms with Gasteiger partial charge in [-0.15, -0.1) is 5.10 Å². The maximum absolute atomic E-state index is 12.8. The molecule has 0 saturated heterocycles. The number of esters is 1. The Balaban J connectivity index is 2.16. The molecule has 0 bridgehead atoms. The third-order valence-corrected chi connectivity index (χ3v) is 4.75. The first-order chi connectivity index (χ1) is 14.5. The molecule has 6 N–H and O–H groups in total. The van der Waals surface area contributed by atoms with Gasteiger partial charge in [-0.1, -0.05) is 61.5 Å². The molecule has 8 nitrogen and oxygen atoms in total. The van der Waals surface area contributed by atoms with Crippen molar-refractivity contribution in [3.63, 3.8) is 0 Å². The van der Waals surface area contributed by atoms with Crippen molar-refractivity contribution < 1.29 is 14.3 Å². The zero-order chi connectivity index (χ0) is 21.9. The van der Waals surface area contributed by atoms with Gasteiger partial charge in [0.05, 0.1) is 12.5 Å². The number of ether oxygens (including phenoxy) is 1. The van der Waals surface area contributed by atoms with Crippen molar-refractivity contribution >= 4 is 17.8 Å². The van der Waals surface area contributed by atoms with Crippen LogP contribution < -0.4 is 22.4 Å². The zero-order valence-corrected chi connectivity index (χ0v) is 17.3. The SMILES string of the molecule is CCOC(=O)[C@H](C)C[C@@H](Cc1ccc(-c2ccccc2)cc1)C(=O)N/C(=N/N)NN. The summed E-state index contributed by atoms with van der Waals surface area (Å²) in [5, 5.41) is 5.93. The summed E-state index contributed by atoms with van der Waals surface area (Å²) in [6, 6.07) is 18.0. The number of guanidine groups is 1. The van der Waals surface area contributed by atoms with E-state index < -0.39 is 11.8 Å². The second kappa shape index (κ2) is 11.6. The van der Waals surface area contributed by atoms with Crippen molar-refractivity contribution in [3.8, 4) is 11.1 Å². The Morgan fingerprint density at radius 1 is 1.07 bits per heavy atom. The first kappa shape index (κ1) is 22.9. The fourth-order valence-corrected chi connectivity index (χ4v) is 3.16. The molecule has 0 heterocycles. The van der Waals surface area contributed by atoms with E-state index >= 15 is 0 Å². The van der Waals surface area contributed by atoms with Gasteiger partial charge in [0.2, 0.25) is 11.9 Å². The summed E-state index contributed by atoms with van der Waals surface area (Å²) >= 11 is 0. The molecule has 1 amide bonds. The van der Waals surface area contributed by atoms with Crippen molar-refractivity contribution in [1.82, 2.24) is 10.7 Å². The number of nitrogens with zero attached hydrogens (tertiary/aromatic N) is 1. The molecule has 0 radical (unpaired) electrons. The minimum Gasteiger partial charge on any atom is -0.466 e. The average Bonchev–Trinajstić information content (AvgIpc) is 2.78. The fraction of sp³-hybridized carbons (Fsp3) is 0.318. The van der Waals surface area contributed by atoms with Crippen molar-refractivity contribution in [1.29, 1.82) is 0 Å². The zero-order valence-electron chi connectivity index (χ0n) is 17.3. The van der Waals surface area contributed by atoms with E-state index in [9.17, 15) is 9.59 Å². The molecule has 8 heteroatoms. The highest BCUT2D eigenvalue weighted by Crippen LogP contribution is 2.23. The molecule has 2 aromatic rings. The summed E-state index contributed by atoms with van der Waals surface area (Å²) in [5.74, 6) is 8.84. The smallest absolute Gasteiger partial charge is 0.308 e. The highest BCUT2D eigenvalue weighted by Gasteiger charge is 2.26. The van der Waals surface area contributed by atoms with Crippen molar-refractivity contribution in [2.75, 3.05) is 6.61 Å². The molecule has 0 aliphatic heterocycles. The van der Waals surface area contributed by atoms with Crippen LogP contribution in [0.2, 0.25) is 0 Å². The number of hydrogen-bond acceptors (Lipinski definition) is 6. The molecule has 0 saturated carbocycles. The molecule has 2 aromatic carbocycles. The number of hydrogen-bond donors (Lipinski definition) is 4. The molecule has 160 valence electrons. The van der Waals surface area contributed by atoms with Gasteiger partial charge in [0.25, 0.3) is 0 Å². The van der Waals surface area contributed by atoms with E-state index in [0.29, 0.717) is 19.4 Å². The van der Waals surface area contributed by atoms with Crippen LogP contribution in [-0.2, 0) is 20.7 Å². The van der Waals surface area contributed by atoms with Crippen LogP contribution in [-0.4, -0.2) is 24.4 Å². The molecule has 0 unspecified atom stereocenters. The monoisotopic (exact) mass is 411 g/mol. The highest BCUT2D eigenvalue weighted by atomic mass is 16.5. The Kier molecular flexibility index (Phi) is 8.83. The largest absolute Gasteiger partial charge is 0.466 e. The van der Waals surface area contributed by atoms with Crippen molar-refractivity contribution in [2.24, 2.45) is 28.6 Å². The molecule has 30 heavy (non-hydrogen) atoms. The Morgan fingerprint density at radius 2 is 1.70 bits per heavy atom. The van der Waals surface area contributed by atoms with Gasteiger partial charge < -0.3 is 10.6 Å². The molecule has 0 aliphatic carbocycles. The van der Waals surface area contributed by atoms with Gasteiger partial charge >= 0.3 is 5.97 Å². The van der Waals surface area contributed by atoms with Crippen molar-refractivity contribution in [3.05, 3.63) is 60.2 Å². The summed E-state index contributed by atoms with van der Waals surface area (Å²) in [6.45, 7) is 3.79. The van der Waals surface area contributed by atoms with Crippen LogP contribution in [0.5, 0.6) is 0 Å². The number of nitrogens with two attached hydrogens (primary N) is 2. The fourth-order valence-electron chi connectivity index (χ4n) is 3.16. The molecule has 0 spiro atoms. The molecule has 0 aromatic heterocycles. The van der Waals surface area contributed by atoms with Gasteiger partial charge in [-0.25, -0.2) is 5.84 Å². The number of nitrogens with one attached hydrogen (secondary N) is 2. The van der Waals surface area contributed by atoms with Crippen molar-refractivity contribution in [2.45, 2.75) is 26.7 Å². The van der Waals surface area contributed by atoms with E-state index in [1.54, 1.807) is 13.8 Å². The molecular weight excluding hydrogens is 382 g/mol. The Hall–Kier alpha value is -3.39. The molecule has 0 aliphatic rings. The van der Waals surface area contributed by atoms with Crippen LogP contribution in [0.3, 0.4) is 0 Å². The number of rotatable bonds is 8. The van der Waals surface area contributed by atoms with Gasteiger partial charge in [0.1, 0.15) is 0 Å². The summed E-state index contributed by atoms with van der Waals surface area (Å²) in [6.07, 6.45) is 0.751. The Bertz CT molecular complexity index is 853. The number of amides is 1. The second-order valence-electron chi connectivity index (χ2n) is 6.96. The lowest BCUT2D eigenvalue weighted by Gasteiger charge is -2.20. The Morgan fingerprint density at radius 3 is 2.27 bits per heavy atom. The Labute approximate surface area is 176 Å². The minimum absolute atomic E-state index is 0.0480. The van der Waals surface area contributed by atoms with E-state index in [2.05, 4.69) is 15.8 Å². The summed E-state index contributed by atoms with van der Waals surface area (Å²) in [5.41, 5.74) is 5.40. The predicted molar refractivity (Wildman–Crippen MR) is 117 cm³/mol. The third-order valence-electron chi connectivity index (χ3n) is 4.75. The van der Waals surface area contributed by atoms with Gasteiger partial charge in [0.15, 0.2) is 0 Å². The van der Waals surface area contributed by atoms with Crippen LogP contribution in [0.15, 0.2) is 59.7 Å². The van der Waals surface area contributed by atoms with Gasteiger partial charge in [-0.05, 0) is 36.5 Å². The van der Waals surface area contributed by atoms with Crippen LogP contribution >= 0.6 is 0 Å². The molecule has 0 fully saturated rings. The van der Waals surface area contributed by atoms with E-state index in [1.165, 1.54) is 0 Å². The van der Waals surface area contributed by atoms with Gasteiger partial charge in [-0.2, -0.15) is 0 Å². The summed E-state index contributed by atoms with van der Waals surface area (Å²) in [4.78, 5) is 24.8. The minimum atomic E-state index is -0.503. The number of benzene rings is 2. The summed E-state index contributed by atoms with van der Waals surface area (Å²) in [7, 11) is 0. The maximum Gasteiger partial charge on any atom is 0.308 e. The number of carbonyl (C=O) groups is 2. The van der Waals surface area contributed by atoms with E-state index in [-0.39, 0.29) is 17.8 Å². The third kappa shape index (κ3) is 6.59. The normalized spacial score (nSPS) is 13.2. The number of hydrazine groups is 1. The van der Waals surface area contributed by atoms with E-state index in [4.69, 9.17) is 16.4 Å². The first-order valence-electron chi connectivity index (χ1n) is 9.84. The quantitative estimate of drug-likeness (QED) is 0.172. The van der Waals surface area contributed by atoms with Gasteiger partial charge in [-0.3, -0.25) is 20.3 Å². The number of hydrazone groups is 1. The van der Waals surface area contributed by atoms with Crippen LogP contribution in [0.1, 0.15) is 25.8 Å². The lowest BCUT2D eigenvalue weighted by molar-refractivity contribution is -0.148. The predicted octanol–water partition coefficient (Wildman–Crippen LogP) is 1.91. The molecule has 2 rings (SSSR count). The topological polar surface area (TPSA) is 132 Å². The maximum atomic E-state index is 12.8. The highest BCUT2D eigenvalue weighted by molar-refractivity contribution is 5.97. The summed E-state index contributed by atoms with van der Waals surface area (Å²) < 4.78 is 5.08. The van der Waals surface area contributed by atoms with Crippen LogP contribution in [0, 0.1) is 11.8 Å². The standard InChI is InChI=1S/C22H29N5O3/c1-3-30-21(29)15(2)13-19(20(28)25-22(26-23)27-24)14-16-9-11-18(12-10-16)17-7-5-4-6-8-17/h4-12,15,19H,3,13-14,23-24H2,1-2H3,(H2,25,26,27,28)/t15-,19+/m1/s1. The number of carbonyl (C=O) groups excluding carboxylic acids is 2. The molecular formula is C22H29N5O3. The second-order valence-corrected chi connectivity index (χ2v) is 6.96. The van der Waals surface area contributed by atoms with E-state index in [1.807, 2.05) is 54.6 Å². The van der Waals surface area contributed by atoms with E-state index in [0.717, 1.165) is 16.7 Å². The average molecular weight is 412 g/mol.